The van der Waals surface area contributed by atoms with Gasteiger partial charge in [-0.3, -0.25) is 9.69 Å². The van der Waals surface area contributed by atoms with Gasteiger partial charge in [-0.1, -0.05) is 42.0 Å². The molecule has 7 rings (SSSR count). The molecule has 0 bridgehead atoms. The van der Waals surface area contributed by atoms with Crippen LogP contribution in [0.15, 0.2) is 59.0 Å². The van der Waals surface area contributed by atoms with E-state index < -0.39 is 10.8 Å². The van der Waals surface area contributed by atoms with Gasteiger partial charge in [0.15, 0.2) is 5.58 Å². The molecule has 3 fully saturated rings. The lowest BCUT2D eigenvalue weighted by molar-refractivity contribution is -0.141. The van der Waals surface area contributed by atoms with Crippen molar-refractivity contribution in [1.29, 1.82) is 0 Å². The maximum Gasteiger partial charge on any atom is 0.307 e. The van der Waals surface area contributed by atoms with Crippen molar-refractivity contribution in [2.24, 2.45) is 5.92 Å². The number of hydrogen-bond donors (Lipinski definition) is 2. The molecular weight excluding hydrogens is 583 g/mol. The second-order valence-electron chi connectivity index (χ2n) is 12.8. The minimum absolute atomic E-state index is 0.288. The SMILES string of the molecule is CC1(Cl)C(c2cccc(N3CCC(NC4CC4)CC3)c2)=CC=CC1c1nc2cc(CN3CC[C@@H](C(=O)O)C3)cc(Cl)c2o1. The molecule has 4 aliphatic rings. The number of carbonyl (C=O) groups is 1. The van der Waals surface area contributed by atoms with Gasteiger partial charge in [0.2, 0.25) is 5.89 Å². The van der Waals surface area contributed by atoms with Crippen molar-refractivity contribution in [1.82, 2.24) is 15.2 Å². The van der Waals surface area contributed by atoms with Crippen LogP contribution in [0.1, 0.15) is 62.0 Å². The number of piperidine rings is 1. The summed E-state index contributed by atoms with van der Waals surface area (Å²) in [6.45, 7) is 6.05. The van der Waals surface area contributed by atoms with Gasteiger partial charge in [-0.05, 0) is 86.5 Å². The van der Waals surface area contributed by atoms with Gasteiger partial charge in [-0.15, -0.1) is 11.6 Å². The quantitative estimate of drug-likeness (QED) is 0.267. The molecule has 0 spiro atoms. The van der Waals surface area contributed by atoms with Crippen LogP contribution in [-0.4, -0.2) is 64.1 Å². The molecule has 1 aromatic heterocycles. The number of anilines is 1. The summed E-state index contributed by atoms with van der Waals surface area (Å²) in [4.78, 5) is 20.1. The van der Waals surface area contributed by atoms with Crippen molar-refractivity contribution < 1.29 is 14.3 Å². The normalized spacial score (nSPS) is 26.8. The molecule has 3 heterocycles. The number of benzene rings is 2. The van der Waals surface area contributed by atoms with Gasteiger partial charge < -0.3 is 19.7 Å². The number of nitrogens with one attached hydrogen (secondary N) is 1. The predicted octanol–water partition coefficient (Wildman–Crippen LogP) is 6.84. The number of nitrogens with zero attached hydrogens (tertiary/aromatic N) is 3. The van der Waals surface area contributed by atoms with E-state index in [9.17, 15) is 9.90 Å². The zero-order valence-corrected chi connectivity index (χ0v) is 25.9. The fourth-order valence-electron chi connectivity index (χ4n) is 6.95. The average Bonchev–Trinajstić information content (AvgIpc) is 3.49. The fraction of sp³-hybridized carbons (Fsp3) is 0.471. The van der Waals surface area contributed by atoms with Crippen LogP contribution in [0, 0.1) is 5.92 Å². The number of alkyl halides is 1. The smallest absolute Gasteiger partial charge is 0.307 e. The number of aromatic nitrogens is 1. The lowest BCUT2D eigenvalue weighted by atomic mass is 9.79. The molecule has 7 nitrogen and oxygen atoms in total. The first-order chi connectivity index (χ1) is 20.7. The largest absolute Gasteiger partial charge is 0.481 e. The van der Waals surface area contributed by atoms with E-state index in [1.165, 1.54) is 31.4 Å². The van der Waals surface area contributed by atoms with E-state index in [0.29, 0.717) is 47.6 Å². The van der Waals surface area contributed by atoms with E-state index >= 15 is 0 Å². The highest BCUT2D eigenvalue weighted by atomic mass is 35.5. The first-order valence-corrected chi connectivity index (χ1v) is 16.2. The maximum atomic E-state index is 11.4. The van der Waals surface area contributed by atoms with E-state index in [1.54, 1.807) is 0 Å². The number of carboxylic acids is 1. The lowest BCUT2D eigenvalue weighted by Crippen LogP contribution is -2.43. The maximum absolute atomic E-state index is 11.4. The van der Waals surface area contributed by atoms with Gasteiger partial charge in [0.25, 0.3) is 0 Å². The van der Waals surface area contributed by atoms with Gasteiger partial charge in [0.1, 0.15) is 5.52 Å². The number of oxazole rings is 1. The molecule has 2 aliphatic heterocycles. The second-order valence-corrected chi connectivity index (χ2v) is 14.0. The average molecular weight is 622 g/mol. The molecule has 9 heteroatoms. The number of carboxylic acid groups (broad SMARTS) is 1. The van der Waals surface area contributed by atoms with Crippen molar-refractivity contribution in [3.8, 4) is 0 Å². The summed E-state index contributed by atoms with van der Waals surface area (Å²) in [6.07, 6.45) is 11.9. The summed E-state index contributed by atoms with van der Waals surface area (Å²) in [7, 11) is 0. The molecular formula is C34H38Cl2N4O3. The minimum atomic E-state index is -0.786. The molecule has 2 aromatic carbocycles. The van der Waals surface area contributed by atoms with Crippen LogP contribution in [0.25, 0.3) is 16.7 Å². The molecule has 0 radical (unpaired) electrons. The van der Waals surface area contributed by atoms with Crippen molar-refractivity contribution >= 4 is 51.5 Å². The topological polar surface area (TPSA) is 81.8 Å². The van der Waals surface area contributed by atoms with E-state index in [-0.39, 0.29) is 11.8 Å². The number of likely N-dealkylation sites (tertiary alicyclic amines) is 1. The first kappa shape index (κ1) is 28.9. The number of allylic oxidation sites excluding steroid dienone is 4. The molecule has 2 aliphatic carbocycles. The van der Waals surface area contributed by atoms with Crippen LogP contribution in [-0.2, 0) is 11.3 Å². The highest BCUT2D eigenvalue weighted by Crippen LogP contribution is 2.48. The number of hydrogen-bond acceptors (Lipinski definition) is 6. The first-order valence-electron chi connectivity index (χ1n) is 15.5. The summed E-state index contributed by atoms with van der Waals surface area (Å²) in [6, 6.07) is 14.0. The summed E-state index contributed by atoms with van der Waals surface area (Å²) in [5, 5.41) is 13.6. The van der Waals surface area contributed by atoms with Gasteiger partial charge >= 0.3 is 5.97 Å². The monoisotopic (exact) mass is 620 g/mol. The zero-order chi connectivity index (χ0) is 29.7. The molecule has 0 amide bonds. The van der Waals surface area contributed by atoms with Gasteiger partial charge in [-0.2, -0.15) is 0 Å². The second kappa shape index (κ2) is 11.6. The van der Waals surface area contributed by atoms with Gasteiger partial charge in [0.05, 0.1) is 21.7 Å². The molecule has 3 aromatic rings. The highest BCUT2D eigenvalue weighted by molar-refractivity contribution is 6.34. The Morgan fingerprint density at radius 1 is 1.12 bits per heavy atom. The van der Waals surface area contributed by atoms with Crippen LogP contribution < -0.4 is 10.2 Å². The van der Waals surface area contributed by atoms with Gasteiger partial charge in [-0.25, -0.2) is 4.98 Å². The Balaban J connectivity index is 1.09. The molecule has 1 saturated carbocycles. The molecule has 2 N–H and O–H groups in total. The number of rotatable bonds is 8. The van der Waals surface area contributed by atoms with Crippen molar-refractivity contribution in [3.63, 3.8) is 0 Å². The molecule has 3 atom stereocenters. The van der Waals surface area contributed by atoms with Crippen molar-refractivity contribution in [2.45, 2.75) is 68.4 Å². The van der Waals surface area contributed by atoms with Gasteiger partial charge in [0, 0.05) is 44.0 Å². The fourth-order valence-corrected chi connectivity index (χ4v) is 7.56. The molecule has 226 valence electrons. The van der Waals surface area contributed by atoms with Crippen LogP contribution in [0.3, 0.4) is 0 Å². The van der Waals surface area contributed by atoms with E-state index in [2.05, 4.69) is 45.5 Å². The lowest BCUT2D eigenvalue weighted by Gasteiger charge is -2.36. The Morgan fingerprint density at radius 3 is 2.65 bits per heavy atom. The number of aliphatic carboxylic acids is 1. The Kier molecular flexibility index (Phi) is 7.79. The standard InChI is InChI=1S/C34H38Cl2N4O3/c1-34(36)27(22-4-2-5-26(18-22)40-14-11-25(12-15-40)37-24-8-9-24)6-3-7-28(34)32-38-30-17-21(16-29(35)31(30)43-32)19-39-13-10-23(20-39)33(41)42/h2-7,16-18,23-25,28,37H,8-15,19-20H2,1H3,(H,41,42)/t23-,28?,34?/m1/s1. The van der Waals surface area contributed by atoms with Crippen LogP contribution >= 0.6 is 23.2 Å². The Hall–Kier alpha value is -2.84. The van der Waals surface area contributed by atoms with Crippen LogP contribution in [0.4, 0.5) is 5.69 Å². The molecule has 2 saturated heterocycles. The number of halogens is 2. The molecule has 43 heavy (non-hydrogen) atoms. The van der Waals surface area contributed by atoms with Crippen LogP contribution in [0.5, 0.6) is 0 Å². The molecule has 2 unspecified atom stereocenters. The zero-order valence-electron chi connectivity index (χ0n) is 24.4. The third-order valence-corrected chi connectivity index (χ3v) is 10.3. The van der Waals surface area contributed by atoms with Crippen molar-refractivity contribution in [3.05, 3.63) is 76.7 Å². The summed E-state index contributed by atoms with van der Waals surface area (Å²) >= 11 is 14.1. The highest BCUT2D eigenvalue weighted by Gasteiger charge is 2.41. The Morgan fingerprint density at radius 2 is 1.91 bits per heavy atom. The van der Waals surface area contributed by atoms with E-state index in [1.807, 2.05) is 31.2 Å². The third-order valence-electron chi connectivity index (χ3n) is 9.56. The van der Waals surface area contributed by atoms with E-state index in [4.69, 9.17) is 32.6 Å². The van der Waals surface area contributed by atoms with Crippen molar-refractivity contribution in [2.75, 3.05) is 31.1 Å². The third kappa shape index (κ3) is 5.97. The summed E-state index contributed by atoms with van der Waals surface area (Å²) in [5.74, 6) is -0.809. The number of fused-ring (bicyclic) bond motifs is 1. The predicted molar refractivity (Wildman–Crippen MR) is 172 cm³/mol. The summed E-state index contributed by atoms with van der Waals surface area (Å²) in [5.41, 5.74) is 5.58. The Bertz CT molecular complexity index is 1590. The summed E-state index contributed by atoms with van der Waals surface area (Å²) < 4.78 is 6.28. The Labute approximate surface area is 262 Å². The minimum Gasteiger partial charge on any atom is -0.481 e. The van der Waals surface area contributed by atoms with E-state index in [0.717, 1.165) is 42.4 Å². The van der Waals surface area contributed by atoms with Crippen LogP contribution in [0.2, 0.25) is 5.02 Å².